The molecule has 0 aromatic carbocycles. The molecular formula is C25H57N3OSi. The van der Waals surface area contributed by atoms with Crippen molar-refractivity contribution in [2.45, 2.75) is 118 Å². The van der Waals surface area contributed by atoms with Gasteiger partial charge in [0.15, 0.2) is 9.76 Å². The van der Waals surface area contributed by atoms with E-state index < -0.39 is 0 Å². The minimum Gasteiger partial charge on any atom is -0.419 e. The zero-order valence-corrected chi connectivity index (χ0v) is 23.3. The molecule has 0 unspecified atom stereocenters. The van der Waals surface area contributed by atoms with E-state index in [2.05, 4.69) is 63.6 Å². The smallest absolute Gasteiger partial charge is 0.162 e. The van der Waals surface area contributed by atoms with Crippen molar-refractivity contribution in [1.82, 2.24) is 15.1 Å². The topological polar surface area (TPSA) is 27.7 Å². The predicted octanol–water partition coefficient (Wildman–Crippen LogP) is 5.07. The van der Waals surface area contributed by atoms with Gasteiger partial charge in [0.2, 0.25) is 0 Å². The van der Waals surface area contributed by atoms with Crippen LogP contribution in [0.2, 0.25) is 6.04 Å². The maximum absolute atomic E-state index is 6.32. The zero-order valence-electron chi connectivity index (χ0n) is 21.9. The van der Waals surface area contributed by atoms with Crippen LogP contribution >= 0.6 is 0 Å². The summed E-state index contributed by atoms with van der Waals surface area (Å²) in [7, 11) is -0.388. The standard InChI is InChI=1S/C25H57N3OSi/c1-8-18-27(13-6)20-15-21-28(19-14-17-26-24(9-2)10-3)22-16-23-30-29-25(7,11-4)12-5/h24,26H,8-23,30H2,1-7H3. The predicted molar refractivity (Wildman–Crippen MR) is 138 cm³/mol. The molecule has 0 spiro atoms. The number of hydrogen-bond acceptors (Lipinski definition) is 4. The second-order valence-corrected chi connectivity index (χ2v) is 10.6. The van der Waals surface area contributed by atoms with E-state index in [1.807, 2.05) is 0 Å². The lowest BCUT2D eigenvalue weighted by atomic mass is 10.0. The van der Waals surface area contributed by atoms with Gasteiger partial charge in [-0.05, 0) is 110 Å². The summed E-state index contributed by atoms with van der Waals surface area (Å²) in [5, 5.41) is 3.73. The number of nitrogens with one attached hydrogen (secondary N) is 1. The number of nitrogens with zero attached hydrogens (tertiary/aromatic N) is 2. The van der Waals surface area contributed by atoms with E-state index in [1.54, 1.807) is 0 Å². The second kappa shape index (κ2) is 19.7. The Morgan fingerprint density at radius 1 is 0.800 bits per heavy atom. The van der Waals surface area contributed by atoms with E-state index in [-0.39, 0.29) is 15.4 Å². The molecule has 0 rings (SSSR count). The summed E-state index contributed by atoms with van der Waals surface area (Å²) < 4.78 is 6.32. The highest BCUT2D eigenvalue weighted by Gasteiger charge is 2.19. The molecule has 0 fully saturated rings. The van der Waals surface area contributed by atoms with Gasteiger partial charge in [0.05, 0.1) is 5.60 Å². The largest absolute Gasteiger partial charge is 0.419 e. The molecule has 4 nitrogen and oxygen atoms in total. The lowest BCUT2D eigenvalue weighted by molar-refractivity contribution is 0.0848. The molecule has 5 heteroatoms. The van der Waals surface area contributed by atoms with Crippen molar-refractivity contribution in [1.29, 1.82) is 0 Å². The van der Waals surface area contributed by atoms with Crippen LogP contribution in [0.25, 0.3) is 0 Å². The fraction of sp³-hybridized carbons (Fsp3) is 1.00. The van der Waals surface area contributed by atoms with Gasteiger partial charge in [-0.15, -0.1) is 0 Å². The molecule has 182 valence electrons. The van der Waals surface area contributed by atoms with E-state index >= 15 is 0 Å². The molecule has 0 heterocycles. The molecule has 0 amide bonds. The molecule has 0 atom stereocenters. The summed E-state index contributed by atoms with van der Waals surface area (Å²) in [6.07, 6.45) is 9.88. The van der Waals surface area contributed by atoms with Gasteiger partial charge in [-0.25, -0.2) is 0 Å². The molecule has 0 saturated heterocycles. The molecule has 30 heavy (non-hydrogen) atoms. The van der Waals surface area contributed by atoms with Crippen molar-refractivity contribution in [3.05, 3.63) is 0 Å². The van der Waals surface area contributed by atoms with Gasteiger partial charge in [-0.3, -0.25) is 0 Å². The number of rotatable bonds is 22. The Labute approximate surface area is 192 Å². The molecule has 0 bridgehead atoms. The first-order valence-corrected chi connectivity index (χ1v) is 14.9. The van der Waals surface area contributed by atoms with Crippen LogP contribution in [0, 0.1) is 0 Å². The quantitative estimate of drug-likeness (QED) is 0.187. The zero-order chi connectivity index (χ0) is 22.7. The van der Waals surface area contributed by atoms with Crippen molar-refractivity contribution in [3.8, 4) is 0 Å². The van der Waals surface area contributed by atoms with Gasteiger partial charge in [-0.1, -0.05) is 41.5 Å². The molecule has 1 N–H and O–H groups in total. The fourth-order valence-corrected chi connectivity index (χ4v) is 5.47. The molecule has 0 aliphatic heterocycles. The van der Waals surface area contributed by atoms with Crippen LogP contribution in [0.15, 0.2) is 0 Å². The van der Waals surface area contributed by atoms with Crippen LogP contribution in [0.1, 0.15) is 99.8 Å². The maximum atomic E-state index is 6.32. The lowest BCUT2D eigenvalue weighted by Crippen LogP contribution is -2.34. The first kappa shape index (κ1) is 30.1. The highest BCUT2D eigenvalue weighted by molar-refractivity contribution is 6.27. The van der Waals surface area contributed by atoms with Gasteiger partial charge in [0, 0.05) is 6.04 Å². The monoisotopic (exact) mass is 443 g/mol. The molecule has 0 aromatic heterocycles. The Kier molecular flexibility index (Phi) is 19.8. The summed E-state index contributed by atoms with van der Waals surface area (Å²) in [6.45, 7) is 24.5. The fourth-order valence-electron chi connectivity index (χ4n) is 3.99. The van der Waals surface area contributed by atoms with Gasteiger partial charge in [-0.2, -0.15) is 0 Å². The highest BCUT2D eigenvalue weighted by Crippen LogP contribution is 2.19. The summed E-state index contributed by atoms with van der Waals surface area (Å²) in [4.78, 5) is 5.32. The van der Waals surface area contributed by atoms with E-state index in [0.29, 0.717) is 6.04 Å². The van der Waals surface area contributed by atoms with E-state index in [9.17, 15) is 0 Å². The molecule has 0 saturated carbocycles. The summed E-state index contributed by atoms with van der Waals surface area (Å²) >= 11 is 0. The molecule has 0 radical (unpaired) electrons. The van der Waals surface area contributed by atoms with Gasteiger partial charge < -0.3 is 19.5 Å². The third kappa shape index (κ3) is 15.0. The average molecular weight is 444 g/mol. The first-order chi connectivity index (χ1) is 14.5. The van der Waals surface area contributed by atoms with Crippen LogP contribution in [-0.2, 0) is 4.43 Å². The Hall–Kier alpha value is 0.0569. The number of hydrogen-bond donors (Lipinski definition) is 1. The molecular weight excluding hydrogens is 386 g/mol. The van der Waals surface area contributed by atoms with Crippen molar-refractivity contribution in [2.75, 3.05) is 45.8 Å². The Morgan fingerprint density at radius 2 is 1.40 bits per heavy atom. The lowest BCUT2D eigenvalue weighted by Gasteiger charge is -2.28. The summed E-state index contributed by atoms with van der Waals surface area (Å²) in [5.74, 6) is 0. The van der Waals surface area contributed by atoms with Crippen molar-refractivity contribution in [2.24, 2.45) is 0 Å². The SMILES string of the molecule is CCCN(CC)CCCN(CCCNC(CC)CC)CCC[SiH2]OC(C)(CC)CC. The van der Waals surface area contributed by atoms with Crippen LogP contribution in [0.3, 0.4) is 0 Å². The minimum absolute atomic E-state index is 0.134. The molecule has 0 aromatic rings. The van der Waals surface area contributed by atoms with Crippen LogP contribution < -0.4 is 5.32 Å². The van der Waals surface area contributed by atoms with Crippen LogP contribution in [0.5, 0.6) is 0 Å². The first-order valence-electron chi connectivity index (χ1n) is 13.3. The molecule has 0 aliphatic rings. The Balaban J connectivity index is 4.31. The summed E-state index contributed by atoms with van der Waals surface area (Å²) in [6, 6.07) is 2.01. The normalized spacial score (nSPS) is 13.0. The third-order valence-corrected chi connectivity index (χ3v) is 8.51. The summed E-state index contributed by atoms with van der Waals surface area (Å²) in [5.41, 5.74) is 0.134. The van der Waals surface area contributed by atoms with Gasteiger partial charge in [0.1, 0.15) is 0 Å². The van der Waals surface area contributed by atoms with Gasteiger partial charge in [0.25, 0.3) is 0 Å². The highest BCUT2D eigenvalue weighted by atomic mass is 28.2. The minimum atomic E-state index is -0.388. The van der Waals surface area contributed by atoms with E-state index in [4.69, 9.17) is 4.43 Å². The van der Waals surface area contributed by atoms with Crippen molar-refractivity contribution in [3.63, 3.8) is 0 Å². The average Bonchev–Trinajstić information content (AvgIpc) is 2.77. The second-order valence-electron chi connectivity index (χ2n) is 9.16. The van der Waals surface area contributed by atoms with Gasteiger partial charge >= 0.3 is 0 Å². The van der Waals surface area contributed by atoms with Crippen LogP contribution in [-0.4, -0.2) is 77.0 Å². The Bertz CT molecular complexity index is 362. The Morgan fingerprint density at radius 3 is 1.97 bits per heavy atom. The maximum Gasteiger partial charge on any atom is 0.162 e. The van der Waals surface area contributed by atoms with Crippen LogP contribution in [0.4, 0.5) is 0 Å². The van der Waals surface area contributed by atoms with Crippen molar-refractivity contribution >= 4 is 9.76 Å². The van der Waals surface area contributed by atoms with Crippen molar-refractivity contribution < 1.29 is 4.43 Å². The third-order valence-electron chi connectivity index (χ3n) is 6.82. The van der Waals surface area contributed by atoms with E-state index in [1.165, 1.54) is 83.8 Å². The molecule has 0 aliphatic carbocycles. The van der Waals surface area contributed by atoms with E-state index in [0.717, 1.165) is 19.4 Å².